The molecule has 0 aliphatic heterocycles. The third-order valence-electron chi connectivity index (χ3n) is 2.45. The van der Waals surface area contributed by atoms with Crippen LogP contribution in [-0.2, 0) is 11.2 Å². The van der Waals surface area contributed by atoms with E-state index in [1.165, 1.54) is 0 Å². The van der Waals surface area contributed by atoms with Gasteiger partial charge in [-0.3, -0.25) is 0 Å². The molecule has 1 rings (SSSR count). The van der Waals surface area contributed by atoms with Crippen LogP contribution >= 0.6 is 0 Å². The predicted octanol–water partition coefficient (Wildman–Crippen LogP) is 2.92. The van der Waals surface area contributed by atoms with Crippen molar-refractivity contribution in [3.05, 3.63) is 35.9 Å². The molecule has 0 aromatic heterocycles. The van der Waals surface area contributed by atoms with E-state index in [2.05, 4.69) is 20.8 Å². The van der Waals surface area contributed by atoms with Gasteiger partial charge in [0.05, 0.1) is 0 Å². The predicted molar refractivity (Wildman–Crippen MR) is 65.2 cm³/mol. The van der Waals surface area contributed by atoms with Gasteiger partial charge in [-0.1, -0.05) is 0 Å². The summed E-state index contributed by atoms with van der Waals surface area (Å²) in [5.41, 5.74) is 1.14. The van der Waals surface area contributed by atoms with E-state index in [9.17, 15) is 4.79 Å². The third-order valence-corrected chi connectivity index (χ3v) is 5.22. The van der Waals surface area contributed by atoms with E-state index in [-0.39, 0.29) is 15.0 Å². The van der Waals surface area contributed by atoms with Gasteiger partial charge in [0.1, 0.15) is 0 Å². The van der Waals surface area contributed by atoms with Crippen molar-refractivity contribution < 1.29 is 4.79 Å². The molecule has 82 valence electrons. The van der Waals surface area contributed by atoms with Gasteiger partial charge < -0.3 is 0 Å². The summed E-state index contributed by atoms with van der Waals surface area (Å²) >= 11 is 0.129. The zero-order valence-corrected chi connectivity index (χ0v) is 11.3. The maximum absolute atomic E-state index is 11.8. The molecule has 1 nitrogen and oxygen atoms in total. The van der Waals surface area contributed by atoms with E-state index < -0.39 is 0 Å². The van der Waals surface area contributed by atoms with Gasteiger partial charge in [-0.05, 0) is 0 Å². The first-order valence-electron chi connectivity index (χ1n) is 5.33. The van der Waals surface area contributed by atoms with Crippen LogP contribution in [-0.4, -0.2) is 19.6 Å². The Hall–Kier alpha value is -0.591. The summed E-state index contributed by atoms with van der Waals surface area (Å²) in [4.78, 5) is 12.3. The van der Waals surface area contributed by atoms with Gasteiger partial charge in [-0.25, -0.2) is 0 Å². The Bertz CT molecular complexity index is 306. The first-order valence-corrected chi connectivity index (χ1v) is 7.17. The topological polar surface area (TPSA) is 17.1 Å². The van der Waals surface area contributed by atoms with Crippen molar-refractivity contribution in [3.63, 3.8) is 0 Å². The number of carbonyl (C=O) groups is 1. The Morgan fingerprint density at radius 2 is 1.80 bits per heavy atom. The average molecular weight is 269 g/mol. The molecule has 0 saturated carbocycles. The summed E-state index contributed by atoms with van der Waals surface area (Å²) in [6.07, 6.45) is 0.609. The van der Waals surface area contributed by atoms with Crippen LogP contribution in [0.4, 0.5) is 0 Å². The summed E-state index contributed by atoms with van der Waals surface area (Å²) < 4.78 is 0.412. The number of hydrogen-bond acceptors (Lipinski definition) is 1. The minimum atomic E-state index is 0.129. The molecule has 0 amide bonds. The summed E-state index contributed by atoms with van der Waals surface area (Å²) in [6, 6.07) is 10.0. The second-order valence-corrected chi connectivity index (χ2v) is 7.11. The van der Waals surface area contributed by atoms with Crippen molar-refractivity contribution in [2.24, 2.45) is 5.92 Å². The molecule has 1 aromatic carbocycles. The molecule has 0 bridgehead atoms. The van der Waals surface area contributed by atoms with Crippen LogP contribution in [0, 0.1) is 5.92 Å². The van der Waals surface area contributed by atoms with Crippen molar-refractivity contribution in [1.29, 1.82) is 0 Å². The normalized spacial score (nSPS) is 12.8. The number of carbonyl (C=O) groups excluding carboxylic acids is 1. The number of hydrogen-bond donors (Lipinski definition) is 0. The second-order valence-electron chi connectivity index (χ2n) is 4.10. The molecule has 1 atom stereocenters. The van der Waals surface area contributed by atoms with Crippen LogP contribution in [0.5, 0.6) is 0 Å². The van der Waals surface area contributed by atoms with Gasteiger partial charge in [-0.2, -0.15) is 0 Å². The molecular weight excluding hydrogens is 251 g/mol. The second kappa shape index (κ2) is 6.09. The van der Waals surface area contributed by atoms with E-state index >= 15 is 0 Å². The standard InChI is InChI=1S/C13H18OSe/c1-10(2)11(3)15-13(14)9-12-7-5-4-6-8-12/h4-8,10-11H,9H2,1-3H3. The average Bonchev–Trinajstić information content (AvgIpc) is 2.18. The summed E-state index contributed by atoms with van der Waals surface area (Å²) in [7, 11) is 0. The van der Waals surface area contributed by atoms with Crippen molar-refractivity contribution in [1.82, 2.24) is 0 Å². The van der Waals surface area contributed by atoms with E-state index in [0.29, 0.717) is 21.8 Å². The van der Waals surface area contributed by atoms with E-state index in [1.807, 2.05) is 30.3 Å². The number of rotatable bonds is 5. The molecule has 0 fully saturated rings. The molecule has 15 heavy (non-hydrogen) atoms. The Morgan fingerprint density at radius 3 is 2.33 bits per heavy atom. The van der Waals surface area contributed by atoms with Crippen molar-refractivity contribution in [2.75, 3.05) is 0 Å². The van der Waals surface area contributed by atoms with Crippen LogP contribution in [0.1, 0.15) is 26.3 Å². The summed E-state index contributed by atoms with van der Waals surface area (Å²) in [6.45, 7) is 6.54. The molecule has 0 aliphatic carbocycles. The molecule has 1 aromatic rings. The fourth-order valence-electron chi connectivity index (χ4n) is 1.15. The Morgan fingerprint density at radius 1 is 1.20 bits per heavy atom. The molecule has 0 N–H and O–H groups in total. The molecule has 2 heteroatoms. The van der Waals surface area contributed by atoms with Gasteiger partial charge >= 0.3 is 98.3 Å². The van der Waals surface area contributed by atoms with Gasteiger partial charge in [0.2, 0.25) is 0 Å². The van der Waals surface area contributed by atoms with Crippen molar-refractivity contribution >= 4 is 19.6 Å². The molecule has 1 unspecified atom stereocenters. The Balaban J connectivity index is 2.43. The van der Waals surface area contributed by atoms with Crippen LogP contribution in [0.3, 0.4) is 0 Å². The van der Waals surface area contributed by atoms with E-state index in [4.69, 9.17) is 0 Å². The van der Waals surface area contributed by atoms with Crippen LogP contribution in [0.2, 0.25) is 4.82 Å². The summed E-state index contributed by atoms with van der Waals surface area (Å²) in [5.74, 6) is 0.615. The van der Waals surface area contributed by atoms with Crippen molar-refractivity contribution in [2.45, 2.75) is 32.0 Å². The first-order chi connectivity index (χ1) is 7.09. The van der Waals surface area contributed by atoms with Gasteiger partial charge in [0.25, 0.3) is 0 Å². The van der Waals surface area contributed by atoms with Crippen LogP contribution < -0.4 is 0 Å². The van der Waals surface area contributed by atoms with E-state index in [0.717, 1.165) is 5.56 Å². The fraction of sp³-hybridized carbons (Fsp3) is 0.462. The first kappa shape index (κ1) is 12.5. The zero-order chi connectivity index (χ0) is 11.3. The molecule has 0 aliphatic rings. The quantitative estimate of drug-likeness (QED) is 0.751. The SMILES string of the molecule is CC(C)C(C)[Se]C(=O)Cc1ccccc1. The third kappa shape index (κ3) is 4.63. The number of benzene rings is 1. The van der Waals surface area contributed by atoms with Gasteiger partial charge in [0.15, 0.2) is 0 Å². The Labute approximate surface area is 98.4 Å². The maximum atomic E-state index is 11.8. The molecule has 0 radical (unpaired) electrons. The van der Waals surface area contributed by atoms with Gasteiger partial charge in [-0.15, -0.1) is 0 Å². The van der Waals surface area contributed by atoms with Gasteiger partial charge in [0, 0.05) is 0 Å². The van der Waals surface area contributed by atoms with Crippen molar-refractivity contribution in [3.8, 4) is 0 Å². The van der Waals surface area contributed by atoms with E-state index in [1.54, 1.807) is 0 Å². The molecular formula is C13H18OSe. The zero-order valence-electron chi connectivity index (χ0n) is 9.57. The fourth-order valence-corrected chi connectivity index (χ4v) is 3.11. The Kier molecular flexibility index (Phi) is 5.07. The summed E-state index contributed by atoms with van der Waals surface area (Å²) in [5, 5.41) is 0. The minimum absolute atomic E-state index is 0.129. The van der Waals surface area contributed by atoms with Crippen LogP contribution in [0.25, 0.3) is 0 Å². The molecule has 0 heterocycles. The monoisotopic (exact) mass is 270 g/mol. The molecule has 0 spiro atoms. The molecule has 0 saturated heterocycles. The van der Waals surface area contributed by atoms with Crippen LogP contribution in [0.15, 0.2) is 30.3 Å².